The Morgan fingerprint density at radius 3 is 2.71 bits per heavy atom. The molecule has 0 aromatic heterocycles. The van der Waals surface area contributed by atoms with Crippen molar-refractivity contribution in [3.63, 3.8) is 0 Å². The van der Waals surface area contributed by atoms with Crippen LogP contribution in [0.1, 0.15) is 49.7 Å². The van der Waals surface area contributed by atoms with E-state index in [1.54, 1.807) is 12.1 Å². The number of aliphatic hydroxyl groups is 1. The molecule has 1 aromatic rings. The highest BCUT2D eigenvalue weighted by molar-refractivity contribution is 5.99. The minimum atomic E-state index is -1.28. The van der Waals surface area contributed by atoms with Gasteiger partial charge in [-0.25, -0.2) is 0 Å². The Balaban J connectivity index is 1.33. The summed E-state index contributed by atoms with van der Waals surface area (Å²) in [6.07, 6.45) is 5.93. The maximum atomic E-state index is 13.0. The summed E-state index contributed by atoms with van der Waals surface area (Å²) < 4.78 is 0. The second-order valence-corrected chi connectivity index (χ2v) is 11.7. The average Bonchev–Trinajstić information content (AvgIpc) is 3.68. The van der Waals surface area contributed by atoms with Gasteiger partial charge in [-0.1, -0.05) is 6.07 Å². The number of aliphatic hydroxyl groups excluding tert-OH is 1. The number of phenols is 1. The molecule has 2 heterocycles. The molecular weight excluding hydrogens is 486 g/mol. The van der Waals surface area contributed by atoms with Gasteiger partial charge in [0, 0.05) is 23.7 Å². The first kappa shape index (κ1) is 24.9. The number of nitrogens with one attached hydrogen (secondary N) is 2. The summed E-state index contributed by atoms with van der Waals surface area (Å²) in [7, 11) is 0. The van der Waals surface area contributed by atoms with Gasteiger partial charge in [-0.2, -0.15) is 0 Å². The maximum Gasteiger partial charge on any atom is 0.252 e. The van der Waals surface area contributed by atoms with Crippen molar-refractivity contribution in [3.8, 4) is 5.75 Å². The number of rotatable bonds is 7. The molecule has 5 atom stereocenters. The van der Waals surface area contributed by atoms with Crippen LogP contribution in [-0.2, 0) is 26.2 Å². The van der Waals surface area contributed by atoms with Crippen molar-refractivity contribution in [1.82, 2.24) is 15.5 Å². The summed E-state index contributed by atoms with van der Waals surface area (Å²) in [5, 5.41) is 26.9. The van der Waals surface area contributed by atoms with Crippen molar-refractivity contribution >= 4 is 17.7 Å². The molecule has 0 spiro atoms. The standard InChI is InChI=1S/C28H35N5O5/c29-24(35)11-21(25(30)36)31-26(37)18-7-16-8-20-23-9-15-3-4-17(34)10-19(15)28(20,12-22(16)32-27(18)38)5-6-33(23)13-14-1-2-14/h3-4,7,10,14,20-21,23,27,32,34,38H,1-2,5-6,8-9,11-13H2,(H2,29,35)(H2,30,36)(H,31,37)/t20-,21-,23+,27?,28+/m0/s1. The summed E-state index contributed by atoms with van der Waals surface area (Å²) in [6.45, 7) is 2.13. The van der Waals surface area contributed by atoms with E-state index in [0.717, 1.165) is 49.5 Å². The van der Waals surface area contributed by atoms with Crippen LogP contribution in [0, 0.1) is 11.8 Å². The number of benzene rings is 1. The van der Waals surface area contributed by atoms with E-state index < -0.39 is 36.4 Å². The first-order valence-corrected chi connectivity index (χ1v) is 13.5. The highest BCUT2D eigenvalue weighted by Gasteiger charge is 2.56. The third-order valence-corrected chi connectivity index (χ3v) is 9.31. The number of primary amides is 2. The number of likely N-dealkylation sites (tertiary alicyclic amines) is 1. The van der Waals surface area contributed by atoms with E-state index in [2.05, 4.69) is 21.6 Å². The lowest BCUT2D eigenvalue weighted by molar-refractivity contribution is -0.128. The molecule has 6 rings (SSSR count). The van der Waals surface area contributed by atoms with Crippen molar-refractivity contribution in [3.05, 3.63) is 52.2 Å². The zero-order valence-electron chi connectivity index (χ0n) is 21.3. The average molecular weight is 522 g/mol. The number of amides is 3. The number of piperidine rings is 1. The molecule has 1 unspecified atom stereocenters. The molecule has 2 bridgehead atoms. The second kappa shape index (κ2) is 9.13. The van der Waals surface area contributed by atoms with Gasteiger partial charge < -0.3 is 32.3 Å². The number of allylic oxidation sites excluding steroid dienone is 3. The van der Waals surface area contributed by atoms with Crippen molar-refractivity contribution < 1.29 is 24.6 Å². The van der Waals surface area contributed by atoms with Gasteiger partial charge in [0.05, 0.1) is 12.0 Å². The van der Waals surface area contributed by atoms with Crippen LogP contribution in [0.25, 0.3) is 0 Å². The van der Waals surface area contributed by atoms with Gasteiger partial charge in [0.1, 0.15) is 11.8 Å². The lowest BCUT2D eigenvalue weighted by Crippen LogP contribution is -2.62. The molecule has 202 valence electrons. The molecular formula is C28H35N5O5. The van der Waals surface area contributed by atoms with E-state index in [0.29, 0.717) is 18.4 Å². The minimum absolute atomic E-state index is 0.0734. The van der Waals surface area contributed by atoms with Crippen LogP contribution in [0.15, 0.2) is 41.1 Å². The van der Waals surface area contributed by atoms with Crippen LogP contribution >= 0.6 is 0 Å². The Morgan fingerprint density at radius 2 is 2.00 bits per heavy atom. The molecule has 3 amide bonds. The zero-order chi connectivity index (χ0) is 26.8. The summed E-state index contributed by atoms with van der Waals surface area (Å²) in [6, 6.07) is 4.88. The topological polar surface area (TPSA) is 171 Å². The number of hydrogen-bond donors (Lipinski definition) is 6. The van der Waals surface area contributed by atoms with Gasteiger partial charge in [-0.3, -0.25) is 19.3 Å². The molecule has 1 aromatic carbocycles. The fourth-order valence-electron chi connectivity index (χ4n) is 7.30. The smallest absolute Gasteiger partial charge is 0.252 e. The molecule has 1 saturated carbocycles. The van der Waals surface area contributed by atoms with Gasteiger partial charge in [0.25, 0.3) is 5.91 Å². The maximum absolute atomic E-state index is 13.0. The first-order valence-electron chi connectivity index (χ1n) is 13.5. The van der Waals surface area contributed by atoms with E-state index in [1.807, 2.05) is 6.07 Å². The number of carbonyl (C=O) groups excluding carboxylic acids is 3. The third kappa shape index (κ3) is 4.25. The quantitative estimate of drug-likeness (QED) is 0.294. The molecule has 5 aliphatic rings. The van der Waals surface area contributed by atoms with E-state index in [-0.39, 0.29) is 16.7 Å². The minimum Gasteiger partial charge on any atom is -0.508 e. The number of aromatic hydroxyl groups is 1. The SMILES string of the molecule is NC(=O)C[C@H](NC(=O)C1=CC2=C(C[C@]34CCN(CC5CC5)[C@H](Cc5ccc(O)cc53)[C@@H]4C2)NC1O)C(N)=O. The number of dihydropyridines is 1. The summed E-state index contributed by atoms with van der Waals surface area (Å²) >= 11 is 0. The molecule has 1 saturated heterocycles. The van der Waals surface area contributed by atoms with Gasteiger partial charge in [0.2, 0.25) is 11.8 Å². The lowest BCUT2D eigenvalue weighted by atomic mass is 9.52. The van der Waals surface area contributed by atoms with Gasteiger partial charge in [0.15, 0.2) is 6.23 Å². The van der Waals surface area contributed by atoms with Crippen molar-refractivity contribution in [1.29, 1.82) is 0 Å². The molecule has 3 aliphatic carbocycles. The summed E-state index contributed by atoms with van der Waals surface area (Å²) in [5.74, 6) is -0.958. The fraction of sp³-hybridized carbons (Fsp3) is 0.536. The molecule has 10 nitrogen and oxygen atoms in total. The Hall–Kier alpha value is -3.37. The van der Waals surface area contributed by atoms with Gasteiger partial charge in [-0.15, -0.1) is 0 Å². The van der Waals surface area contributed by atoms with Crippen molar-refractivity contribution in [2.45, 2.75) is 68.7 Å². The Labute approximate surface area is 221 Å². The predicted molar refractivity (Wildman–Crippen MR) is 138 cm³/mol. The monoisotopic (exact) mass is 521 g/mol. The van der Waals surface area contributed by atoms with Crippen LogP contribution in [0.3, 0.4) is 0 Å². The Morgan fingerprint density at radius 1 is 1.21 bits per heavy atom. The third-order valence-electron chi connectivity index (χ3n) is 9.31. The lowest BCUT2D eigenvalue weighted by Gasteiger charge is -2.59. The summed E-state index contributed by atoms with van der Waals surface area (Å²) in [4.78, 5) is 38.8. The largest absolute Gasteiger partial charge is 0.508 e. The zero-order valence-corrected chi connectivity index (χ0v) is 21.3. The molecule has 38 heavy (non-hydrogen) atoms. The number of nitrogens with two attached hydrogens (primary N) is 2. The highest BCUT2D eigenvalue weighted by Crippen LogP contribution is 2.58. The second-order valence-electron chi connectivity index (χ2n) is 11.7. The Kier molecular flexibility index (Phi) is 5.99. The molecule has 0 radical (unpaired) electrons. The van der Waals surface area contributed by atoms with Crippen molar-refractivity contribution in [2.24, 2.45) is 23.3 Å². The van der Waals surface area contributed by atoms with E-state index in [4.69, 9.17) is 11.5 Å². The van der Waals surface area contributed by atoms with Gasteiger partial charge >= 0.3 is 0 Å². The van der Waals surface area contributed by atoms with Crippen LogP contribution in [0.5, 0.6) is 5.75 Å². The van der Waals surface area contributed by atoms with Crippen molar-refractivity contribution in [2.75, 3.05) is 13.1 Å². The summed E-state index contributed by atoms with van der Waals surface area (Å²) in [5.41, 5.74) is 14.8. The number of nitrogens with zero attached hydrogens (tertiary/aromatic N) is 1. The van der Waals surface area contributed by atoms with Gasteiger partial charge in [-0.05, 0) is 91.8 Å². The normalized spacial score (nSPS) is 30.7. The predicted octanol–water partition coefficient (Wildman–Crippen LogP) is 0.0280. The van der Waals surface area contributed by atoms with E-state index >= 15 is 0 Å². The number of carbonyl (C=O) groups is 3. The molecule has 2 aliphatic heterocycles. The van der Waals surface area contributed by atoms with Crippen LogP contribution < -0.4 is 22.1 Å². The Bertz CT molecular complexity index is 1270. The molecule has 10 heteroatoms. The van der Waals surface area contributed by atoms with Crippen LogP contribution in [-0.4, -0.2) is 64.2 Å². The van der Waals surface area contributed by atoms with Crippen LogP contribution in [0.4, 0.5) is 0 Å². The van der Waals surface area contributed by atoms with E-state index in [1.165, 1.54) is 24.0 Å². The highest BCUT2D eigenvalue weighted by atomic mass is 16.3. The number of fused-ring (bicyclic) bond motifs is 1. The van der Waals surface area contributed by atoms with E-state index in [9.17, 15) is 24.6 Å². The molecule has 8 N–H and O–H groups in total. The number of hydrogen-bond acceptors (Lipinski definition) is 7. The van der Waals surface area contributed by atoms with Crippen LogP contribution in [0.2, 0.25) is 0 Å². The first-order chi connectivity index (χ1) is 18.1. The molecule has 2 fully saturated rings. The number of phenolic OH excluding ortho intramolecular Hbond substituents is 1. The fourth-order valence-corrected chi connectivity index (χ4v) is 7.30.